The predicted octanol–water partition coefficient (Wildman–Crippen LogP) is 1.42. The van der Waals surface area contributed by atoms with E-state index in [1.54, 1.807) is 7.11 Å². The molecule has 118 valence electrons. The van der Waals surface area contributed by atoms with Gasteiger partial charge in [0.15, 0.2) is 5.69 Å². The van der Waals surface area contributed by atoms with E-state index in [-0.39, 0.29) is 5.69 Å². The molecule has 0 unspecified atom stereocenters. The molecule has 7 heteroatoms. The Bertz CT molecular complexity index is 649. The quantitative estimate of drug-likeness (QED) is 0.806. The number of nitrogens with zero attached hydrogens (tertiary/aromatic N) is 3. The second-order valence-corrected chi connectivity index (χ2v) is 4.87. The molecule has 0 radical (unpaired) electrons. The first kappa shape index (κ1) is 16.0. The summed E-state index contributed by atoms with van der Waals surface area (Å²) in [5, 5.41) is 10.3. The minimum Gasteiger partial charge on any atom is -0.496 e. The number of hydrogen-bond donors (Lipinski definition) is 2. The van der Waals surface area contributed by atoms with E-state index in [4.69, 9.17) is 10.5 Å². The molecule has 0 saturated heterocycles. The van der Waals surface area contributed by atoms with Crippen molar-refractivity contribution in [3.8, 4) is 17.0 Å². The summed E-state index contributed by atoms with van der Waals surface area (Å²) < 4.78 is 5.42. The topological polar surface area (TPSA) is 97.1 Å². The van der Waals surface area contributed by atoms with Crippen molar-refractivity contribution in [1.29, 1.82) is 0 Å². The van der Waals surface area contributed by atoms with Gasteiger partial charge in [-0.2, -0.15) is 15.4 Å². The molecule has 7 nitrogen and oxygen atoms in total. The molecule has 0 aliphatic carbocycles. The minimum atomic E-state index is -0.607. The van der Waals surface area contributed by atoms with Crippen LogP contribution in [0.5, 0.6) is 5.75 Å². The summed E-state index contributed by atoms with van der Waals surface area (Å²) in [6.07, 6.45) is 0. The van der Waals surface area contributed by atoms with E-state index in [0.29, 0.717) is 5.69 Å². The number of carbonyl (C=O) groups is 1. The average Bonchev–Trinajstić information content (AvgIpc) is 3.02. The maximum Gasteiger partial charge on any atom is 0.271 e. The number of hydrogen-bond acceptors (Lipinski definition) is 5. The molecule has 0 aliphatic rings. The van der Waals surface area contributed by atoms with Gasteiger partial charge in [0, 0.05) is 17.7 Å². The number of nitrogens with one attached hydrogen (secondary N) is 1. The maximum atomic E-state index is 11.4. The lowest BCUT2D eigenvalue weighted by Crippen LogP contribution is -2.22. The molecule has 1 aromatic heterocycles. The van der Waals surface area contributed by atoms with Crippen LogP contribution in [0.25, 0.3) is 11.3 Å². The Morgan fingerprint density at radius 2 is 2.05 bits per heavy atom. The summed E-state index contributed by atoms with van der Waals surface area (Å²) in [7, 11) is 1.64. The standard InChI is InChI=1S/C15H21N5O2/c1-4-20(5-2)9-11-8-10(6-7-12(11)22-3)13-14(15(16)21)18-19-17-13/h6-8H,4-5,9H2,1-3H3,(H2,16,21)(H,17,18,19). The highest BCUT2D eigenvalue weighted by Crippen LogP contribution is 2.27. The van der Waals surface area contributed by atoms with Crippen molar-refractivity contribution < 1.29 is 9.53 Å². The van der Waals surface area contributed by atoms with Crippen LogP contribution in [-0.2, 0) is 6.54 Å². The molecule has 0 saturated carbocycles. The van der Waals surface area contributed by atoms with E-state index in [1.807, 2.05) is 18.2 Å². The number of amides is 1. The Morgan fingerprint density at radius 1 is 1.32 bits per heavy atom. The number of methoxy groups -OCH3 is 1. The van der Waals surface area contributed by atoms with Crippen LogP contribution in [-0.4, -0.2) is 46.4 Å². The maximum absolute atomic E-state index is 11.4. The molecule has 22 heavy (non-hydrogen) atoms. The van der Waals surface area contributed by atoms with Gasteiger partial charge in [0.2, 0.25) is 0 Å². The first-order valence-electron chi connectivity index (χ1n) is 7.20. The van der Waals surface area contributed by atoms with Crippen molar-refractivity contribution in [1.82, 2.24) is 20.3 Å². The number of ether oxygens (including phenoxy) is 1. The number of aromatic nitrogens is 3. The Hall–Kier alpha value is -2.41. The fraction of sp³-hybridized carbons (Fsp3) is 0.400. The van der Waals surface area contributed by atoms with Crippen LogP contribution in [0.1, 0.15) is 29.9 Å². The summed E-state index contributed by atoms with van der Waals surface area (Å²) in [4.78, 5) is 13.7. The molecular formula is C15H21N5O2. The van der Waals surface area contributed by atoms with Crippen molar-refractivity contribution >= 4 is 5.91 Å². The number of primary amides is 1. The molecule has 0 aliphatic heterocycles. The Kier molecular flexibility index (Phi) is 5.11. The third-order valence-corrected chi connectivity index (χ3v) is 3.62. The molecule has 0 fully saturated rings. The van der Waals surface area contributed by atoms with Crippen molar-refractivity contribution in [3.63, 3.8) is 0 Å². The summed E-state index contributed by atoms with van der Waals surface area (Å²) in [6.45, 7) is 6.87. The number of carbonyl (C=O) groups excluding carboxylic acids is 1. The zero-order valence-corrected chi connectivity index (χ0v) is 13.1. The van der Waals surface area contributed by atoms with Gasteiger partial charge in [0.05, 0.1) is 7.11 Å². The second kappa shape index (κ2) is 7.04. The number of aromatic amines is 1. The van der Waals surface area contributed by atoms with E-state index in [9.17, 15) is 4.79 Å². The molecule has 2 rings (SSSR count). The summed E-state index contributed by atoms with van der Waals surface area (Å²) in [6, 6.07) is 5.67. The third kappa shape index (κ3) is 3.25. The predicted molar refractivity (Wildman–Crippen MR) is 83.5 cm³/mol. The average molecular weight is 303 g/mol. The molecule has 0 bridgehead atoms. The van der Waals surface area contributed by atoms with Crippen molar-refractivity contribution in [2.24, 2.45) is 5.73 Å². The number of benzene rings is 1. The van der Waals surface area contributed by atoms with Crippen molar-refractivity contribution in [2.45, 2.75) is 20.4 Å². The van der Waals surface area contributed by atoms with Gasteiger partial charge in [0.1, 0.15) is 11.4 Å². The zero-order chi connectivity index (χ0) is 16.1. The number of H-pyrrole nitrogens is 1. The van der Waals surface area contributed by atoms with Gasteiger partial charge in [-0.05, 0) is 31.3 Å². The van der Waals surface area contributed by atoms with E-state index in [0.717, 1.165) is 36.5 Å². The fourth-order valence-corrected chi connectivity index (χ4v) is 2.34. The normalized spacial score (nSPS) is 10.9. The van der Waals surface area contributed by atoms with Gasteiger partial charge in [-0.1, -0.05) is 13.8 Å². The Morgan fingerprint density at radius 3 is 2.64 bits per heavy atom. The lowest BCUT2D eigenvalue weighted by molar-refractivity contribution is 0.0996. The van der Waals surface area contributed by atoms with Crippen LogP contribution in [0.4, 0.5) is 0 Å². The monoisotopic (exact) mass is 303 g/mol. The minimum absolute atomic E-state index is 0.138. The van der Waals surface area contributed by atoms with Crippen LogP contribution < -0.4 is 10.5 Å². The van der Waals surface area contributed by atoms with E-state index >= 15 is 0 Å². The number of nitrogens with two attached hydrogens (primary N) is 1. The molecule has 3 N–H and O–H groups in total. The molecule has 2 aromatic rings. The molecule has 1 heterocycles. The van der Waals surface area contributed by atoms with Gasteiger partial charge < -0.3 is 10.5 Å². The van der Waals surface area contributed by atoms with Crippen LogP contribution in [0.2, 0.25) is 0 Å². The van der Waals surface area contributed by atoms with Gasteiger partial charge in [0.25, 0.3) is 5.91 Å². The van der Waals surface area contributed by atoms with Crippen LogP contribution >= 0.6 is 0 Å². The van der Waals surface area contributed by atoms with Gasteiger partial charge in [-0.25, -0.2) is 0 Å². The number of rotatable bonds is 7. The first-order chi connectivity index (χ1) is 10.6. The Labute approximate surface area is 129 Å². The van der Waals surface area contributed by atoms with Crippen LogP contribution in [0.3, 0.4) is 0 Å². The van der Waals surface area contributed by atoms with Crippen LogP contribution in [0, 0.1) is 0 Å². The molecule has 1 amide bonds. The van der Waals surface area contributed by atoms with E-state index in [1.165, 1.54) is 0 Å². The van der Waals surface area contributed by atoms with Gasteiger partial charge in [-0.3, -0.25) is 9.69 Å². The van der Waals surface area contributed by atoms with E-state index in [2.05, 4.69) is 34.2 Å². The zero-order valence-electron chi connectivity index (χ0n) is 13.1. The summed E-state index contributed by atoms with van der Waals surface area (Å²) in [5.41, 5.74) is 7.73. The molecular weight excluding hydrogens is 282 g/mol. The second-order valence-electron chi connectivity index (χ2n) is 4.87. The highest BCUT2D eigenvalue weighted by atomic mass is 16.5. The van der Waals surface area contributed by atoms with Gasteiger partial charge in [-0.15, -0.1) is 0 Å². The molecule has 0 atom stereocenters. The highest BCUT2D eigenvalue weighted by Gasteiger charge is 2.17. The lowest BCUT2D eigenvalue weighted by atomic mass is 10.0. The molecule has 0 spiro atoms. The summed E-state index contributed by atoms with van der Waals surface area (Å²) in [5.74, 6) is 0.199. The van der Waals surface area contributed by atoms with Crippen LogP contribution in [0.15, 0.2) is 18.2 Å². The third-order valence-electron chi connectivity index (χ3n) is 3.62. The fourth-order valence-electron chi connectivity index (χ4n) is 2.34. The summed E-state index contributed by atoms with van der Waals surface area (Å²) >= 11 is 0. The largest absolute Gasteiger partial charge is 0.496 e. The van der Waals surface area contributed by atoms with Crippen molar-refractivity contribution in [2.75, 3.05) is 20.2 Å². The first-order valence-corrected chi connectivity index (χ1v) is 7.20. The lowest BCUT2D eigenvalue weighted by Gasteiger charge is -2.20. The smallest absolute Gasteiger partial charge is 0.271 e. The highest BCUT2D eigenvalue weighted by molar-refractivity contribution is 5.96. The van der Waals surface area contributed by atoms with Gasteiger partial charge >= 0.3 is 0 Å². The van der Waals surface area contributed by atoms with Crippen molar-refractivity contribution in [3.05, 3.63) is 29.5 Å². The Balaban J connectivity index is 2.42. The molecule has 1 aromatic carbocycles. The SMILES string of the molecule is CCN(CC)Cc1cc(-c2n[nH]nc2C(N)=O)ccc1OC. The van der Waals surface area contributed by atoms with E-state index < -0.39 is 5.91 Å².